The molecule has 5 heteroatoms. The van der Waals surface area contributed by atoms with Crippen molar-refractivity contribution in [3.63, 3.8) is 0 Å². The summed E-state index contributed by atoms with van der Waals surface area (Å²) in [6.45, 7) is 6.60. The molecule has 0 radical (unpaired) electrons. The van der Waals surface area contributed by atoms with Gasteiger partial charge in [0.25, 0.3) is 0 Å². The van der Waals surface area contributed by atoms with Gasteiger partial charge in [-0.1, -0.05) is 0 Å². The van der Waals surface area contributed by atoms with Crippen molar-refractivity contribution in [2.24, 2.45) is 0 Å². The van der Waals surface area contributed by atoms with Gasteiger partial charge < -0.3 is 9.84 Å². The van der Waals surface area contributed by atoms with Crippen LogP contribution in [0.3, 0.4) is 0 Å². The van der Waals surface area contributed by atoms with Crippen LogP contribution in [0.4, 0.5) is 0 Å². The zero-order chi connectivity index (χ0) is 12.2. The summed E-state index contributed by atoms with van der Waals surface area (Å²) in [5, 5.41) is 17.5. The predicted molar refractivity (Wildman–Crippen MR) is 57.8 cm³/mol. The van der Waals surface area contributed by atoms with Crippen molar-refractivity contribution in [2.75, 3.05) is 26.3 Å². The number of carbonyl (C=O) groups is 1. The molecule has 0 aliphatic carbocycles. The van der Waals surface area contributed by atoms with E-state index in [0.717, 1.165) is 13.1 Å². The summed E-state index contributed by atoms with van der Waals surface area (Å²) in [5.41, 5.74) is -0.649. The van der Waals surface area contributed by atoms with Crippen molar-refractivity contribution >= 4 is 5.97 Å². The lowest BCUT2D eigenvalue weighted by molar-refractivity contribution is -0.132. The third kappa shape index (κ3) is 3.05. The zero-order valence-electron chi connectivity index (χ0n) is 9.56. The number of nitriles is 1. The second-order valence-electron chi connectivity index (χ2n) is 4.23. The standard InChI is InChI=1S/C11H16N2O3/c1-11(2,7-9(8-12)10(14)15)13-3-5-16-6-4-13/h7H,3-6H2,1-2H3,(H,14,15)/b9-7+. The fraction of sp³-hybridized carbons (Fsp3) is 0.636. The molecule has 0 aromatic rings. The second-order valence-corrected chi connectivity index (χ2v) is 4.23. The molecule has 1 aliphatic rings. The van der Waals surface area contributed by atoms with E-state index in [1.54, 1.807) is 6.07 Å². The number of rotatable bonds is 3. The molecule has 1 heterocycles. The van der Waals surface area contributed by atoms with Crippen molar-refractivity contribution in [1.82, 2.24) is 4.90 Å². The van der Waals surface area contributed by atoms with E-state index in [2.05, 4.69) is 4.90 Å². The van der Waals surface area contributed by atoms with Gasteiger partial charge in [0.05, 0.1) is 13.2 Å². The van der Waals surface area contributed by atoms with Crippen LogP contribution < -0.4 is 0 Å². The Bertz CT molecular complexity index is 336. The van der Waals surface area contributed by atoms with Gasteiger partial charge in [0.2, 0.25) is 0 Å². The van der Waals surface area contributed by atoms with Crippen LogP contribution >= 0.6 is 0 Å². The highest BCUT2D eigenvalue weighted by Gasteiger charge is 2.27. The monoisotopic (exact) mass is 224 g/mol. The van der Waals surface area contributed by atoms with Crippen LogP contribution in [-0.4, -0.2) is 47.8 Å². The highest BCUT2D eigenvalue weighted by molar-refractivity contribution is 5.91. The Labute approximate surface area is 94.9 Å². The first-order valence-corrected chi connectivity index (χ1v) is 5.16. The van der Waals surface area contributed by atoms with E-state index in [-0.39, 0.29) is 5.57 Å². The van der Waals surface area contributed by atoms with Gasteiger partial charge in [-0.15, -0.1) is 0 Å². The van der Waals surface area contributed by atoms with Crippen molar-refractivity contribution in [3.05, 3.63) is 11.6 Å². The number of hydrogen-bond acceptors (Lipinski definition) is 4. The number of aliphatic carboxylic acids is 1. The minimum Gasteiger partial charge on any atom is -0.477 e. The van der Waals surface area contributed by atoms with Crippen LogP contribution in [0.15, 0.2) is 11.6 Å². The van der Waals surface area contributed by atoms with Gasteiger partial charge >= 0.3 is 5.97 Å². The van der Waals surface area contributed by atoms with E-state index in [4.69, 9.17) is 15.1 Å². The largest absolute Gasteiger partial charge is 0.477 e. The van der Waals surface area contributed by atoms with E-state index in [1.807, 2.05) is 13.8 Å². The zero-order valence-corrected chi connectivity index (χ0v) is 9.56. The third-order valence-electron chi connectivity index (χ3n) is 2.67. The summed E-state index contributed by atoms with van der Waals surface area (Å²) in [5.74, 6) is -1.18. The smallest absolute Gasteiger partial charge is 0.346 e. The van der Waals surface area contributed by atoms with E-state index in [9.17, 15) is 4.79 Å². The Balaban J connectivity index is 2.83. The molecule has 0 saturated carbocycles. The number of morpholine rings is 1. The minimum absolute atomic E-state index is 0.212. The van der Waals surface area contributed by atoms with Gasteiger partial charge in [-0.05, 0) is 19.9 Å². The van der Waals surface area contributed by atoms with Crippen LogP contribution in [0.5, 0.6) is 0 Å². The molecule has 1 saturated heterocycles. The molecule has 0 spiro atoms. The second kappa shape index (κ2) is 5.10. The van der Waals surface area contributed by atoms with Crippen LogP contribution in [0.25, 0.3) is 0 Å². The normalized spacial score (nSPS) is 19.2. The minimum atomic E-state index is -1.18. The summed E-state index contributed by atoms with van der Waals surface area (Å²) >= 11 is 0. The van der Waals surface area contributed by atoms with Gasteiger partial charge in [-0.2, -0.15) is 5.26 Å². The first-order valence-electron chi connectivity index (χ1n) is 5.16. The Kier molecular flexibility index (Phi) is 4.05. The van der Waals surface area contributed by atoms with Gasteiger partial charge in [0, 0.05) is 18.6 Å². The lowest BCUT2D eigenvalue weighted by atomic mass is 9.98. The highest BCUT2D eigenvalue weighted by atomic mass is 16.5. The van der Waals surface area contributed by atoms with Crippen LogP contribution in [0.1, 0.15) is 13.8 Å². The molecule has 1 rings (SSSR count). The number of carboxylic acid groups (broad SMARTS) is 1. The molecule has 0 amide bonds. The maximum absolute atomic E-state index is 10.8. The molecular formula is C11H16N2O3. The molecule has 0 aromatic heterocycles. The summed E-state index contributed by atoms with van der Waals surface area (Å²) < 4.78 is 5.23. The predicted octanol–water partition coefficient (Wildman–Crippen LogP) is 0.632. The molecule has 5 nitrogen and oxygen atoms in total. The molecule has 1 fully saturated rings. The topological polar surface area (TPSA) is 73.6 Å². The van der Waals surface area contributed by atoms with Crippen molar-refractivity contribution in [3.8, 4) is 6.07 Å². The Hall–Kier alpha value is -1.38. The first kappa shape index (κ1) is 12.7. The van der Waals surface area contributed by atoms with Gasteiger partial charge in [-0.3, -0.25) is 4.90 Å². The van der Waals surface area contributed by atoms with Gasteiger partial charge in [0.1, 0.15) is 11.6 Å². The fourth-order valence-corrected chi connectivity index (χ4v) is 1.73. The molecule has 16 heavy (non-hydrogen) atoms. The maximum atomic E-state index is 10.8. The highest BCUT2D eigenvalue weighted by Crippen LogP contribution is 2.19. The van der Waals surface area contributed by atoms with Crippen LogP contribution in [-0.2, 0) is 9.53 Å². The van der Waals surface area contributed by atoms with E-state index < -0.39 is 11.5 Å². The summed E-state index contributed by atoms with van der Waals surface area (Å²) in [7, 11) is 0. The number of hydrogen-bond donors (Lipinski definition) is 1. The Morgan fingerprint density at radius 1 is 1.50 bits per heavy atom. The third-order valence-corrected chi connectivity index (χ3v) is 2.67. The fourth-order valence-electron chi connectivity index (χ4n) is 1.73. The lowest BCUT2D eigenvalue weighted by Crippen LogP contribution is -2.49. The lowest BCUT2D eigenvalue weighted by Gasteiger charge is -2.38. The van der Waals surface area contributed by atoms with E-state index >= 15 is 0 Å². The Morgan fingerprint density at radius 2 is 2.06 bits per heavy atom. The molecular weight excluding hydrogens is 208 g/mol. The van der Waals surface area contributed by atoms with Gasteiger partial charge in [-0.25, -0.2) is 4.79 Å². The average Bonchev–Trinajstić information content (AvgIpc) is 2.27. The van der Waals surface area contributed by atoms with Crippen LogP contribution in [0.2, 0.25) is 0 Å². The molecule has 0 atom stereocenters. The molecule has 0 aromatic carbocycles. The number of nitrogens with zero attached hydrogens (tertiary/aromatic N) is 2. The number of ether oxygens (including phenoxy) is 1. The van der Waals surface area contributed by atoms with Crippen molar-refractivity contribution in [2.45, 2.75) is 19.4 Å². The average molecular weight is 224 g/mol. The summed E-state index contributed by atoms with van der Waals surface area (Å²) in [6, 6.07) is 1.70. The first-order chi connectivity index (χ1) is 7.47. The van der Waals surface area contributed by atoms with E-state index in [1.165, 1.54) is 6.08 Å². The van der Waals surface area contributed by atoms with Crippen molar-refractivity contribution in [1.29, 1.82) is 5.26 Å². The molecule has 1 N–H and O–H groups in total. The number of carboxylic acids is 1. The molecule has 0 bridgehead atoms. The molecule has 1 aliphatic heterocycles. The maximum Gasteiger partial charge on any atom is 0.346 e. The molecule has 88 valence electrons. The van der Waals surface area contributed by atoms with E-state index in [0.29, 0.717) is 13.2 Å². The van der Waals surface area contributed by atoms with Crippen molar-refractivity contribution < 1.29 is 14.6 Å². The Morgan fingerprint density at radius 3 is 2.50 bits per heavy atom. The summed E-state index contributed by atoms with van der Waals surface area (Å²) in [6.07, 6.45) is 1.50. The SMILES string of the molecule is CC(C)(/C=C(\C#N)C(=O)O)N1CCOCC1. The quantitative estimate of drug-likeness (QED) is 0.562. The summed E-state index contributed by atoms with van der Waals surface area (Å²) in [4.78, 5) is 12.9. The van der Waals surface area contributed by atoms with Gasteiger partial charge in [0.15, 0.2) is 0 Å². The van der Waals surface area contributed by atoms with Crippen LogP contribution in [0, 0.1) is 11.3 Å². The molecule has 0 unspecified atom stereocenters.